The van der Waals surface area contributed by atoms with E-state index in [0.29, 0.717) is 12.0 Å². The van der Waals surface area contributed by atoms with Gasteiger partial charge in [-0.15, -0.1) is 0 Å². The van der Waals surface area contributed by atoms with Crippen molar-refractivity contribution in [3.63, 3.8) is 0 Å². The summed E-state index contributed by atoms with van der Waals surface area (Å²) in [5, 5.41) is 12.4. The molecule has 2 aliphatic carbocycles. The molecule has 2 unspecified atom stereocenters. The van der Waals surface area contributed by atoms with Gasteiger partial charge >= 0.3 is 0 Å². The van der Waals surface area contributed by atoms with E-state index in [9.17, 15) is 10.1 Å². The molecule has 3 heteroatoms. The number of nitrogens with zero attached hydrogens (tertiary/aromatic N) is 1. The fraction of sp³-hybridized carbons (Fsp3) is 0.857. The Labute approximate surface area is 104 Å². The number of amides is 1. The van der Waals surface area contributed by atoms with Gasteiger partial charge in [0.15, 0.2) is 0 Å². The lowest BCUT2D eigenvalue weighted by Gasteiger charge is -2.29. The van der Waals surface area contributed by atoms with Crippen LogP contribution in [0, 0.1) is 22.7 Å². The van der Waals surface area contributed by atoms with Gasteiger partial charge in [-0.1, -0.05) is 32.6 Å². The van der Waals surface area contributed by atoms with Crippen LogP contribution in [0.4, 0.5) is 0 Å². The summed E-state index contributed by atoms with van der Waals surface area (Å²) in [4.78, 5) is 12.2. The van der Waals surface area contributed by atoms with E-state index < -0.39 is 5.41 Å². The highest BCUT2D eigenvalue weighted by atomic mass is 16.2. The van der Waals surface area contributed by atoms with Crippen LogP contribution in [0.1, 0.15) is 58.3 Å². The predicted molar refractivity (Wildman–Crippen MR) is 66.1 cm³/mol. The lowest BCUT2D eigenvalue weighted by molar-refractivity contribution is -0.129. The van der Waals surface area contributed by atoms with Gasteiger partial charge < -0.3 is 5.32 Å². The van der Waals surface area contributed by atoms with Crippen LogP contribution in [0.5, 0.6) is 0 Å². The second-order valence-corrected chi connectivity index (χ2v) is 5.62. The van der Waals surface area contributed by atoms with Gasteiger partial charge in [-0.3, -0.25) is 4.79 Å². The number of nitrogens with one attached hydrogen (secondary N) is 1. The maximum Gasteiger partial charge on any atom is 0.240 e. The largest absolute Gasteiger partial charge is 0.352 e. The summed E-state index contributed by atoms with van der Waals surface area (Å²) >= 11 is 0. The fourth-order valence-electron chi connectivity index (χ4n) is 2.97. The van der Waals surface area contributed by atoms with Crippen LogP contribution in [0.15, 0.2) is 0 Å². The molecule has 1 N–H and O–H groups in total. The molecule has 2 aliphatic rings. The Balaban J connectivity index is 1.88. The molecule has 0 spiro atoms. The normalized spacial score (nSPS) is 30.4. The Morgan fingerprint density at radius 3 is 2.71 bits per heavy atom. The summed E-state index contributed by atoms with van der Waals surface area (Å²) in [5.41, 5.74) is -0.711. The highest BCUT2D eigenvalue weighted by molar-refractivity contribution is 5.86. The average Bonchev–Trinajstić information content (AvgIpc) is 3.08. The van der Waals surface area contributed by atoms with Gasteiger partial charge in [0.1, 0.15) is 5.41 Å². The zero-order valence-electron chi connectivity index (χ0n) is 10.7. The molecule has 0 bridgehead atoms. The highest BCUT2D eigenvalue weighted by Gasteiger charge is 2.44. The second kappa shape index (κ2) is 5.08. The Morgan fingerprint density at radius 2 is 2.12 bits per heavy atom. The summed E-state index contributed by atoms with van der Waals surface area (Å²) < 4.78 is 0. The van der Waals surface area contributed by atoms with E-state index in [-0.39, 0.29) is 5.91 Å². The van der Waals surface area contributed by atoms with Crippen molar-refractivity contribution in [3.05, 3.63) is 0 Å². The third-order valence-corrected chi connectivity index (χ3v) is 4.25. The third kappa shape index (κ3) is 2.62. The van der Waals surface area contributed by atoms with Crippen molar-refractivity contribution < 1.29 is 4.79 Å². The molecule has 94 valence electrons. The van der Waals surface area contributed by atoms with Crippen molar-refractivity contribution in [1.82, 2.24) is 5.32 Å². The molecule has 3 nitrogen and oxygen atoms in total. The first-order chi connectivity index (χ1) is 8.22. The van der Waals surface area contributed by atoms with Crippen LogP contribution in [-0.4, -0.2) is 11.9 Å². The minimum Gasteiger partial charge on any atom is -0.352 e. The second-order valence-electron chi connectivity index (χ2n) is 5.62. The molecule has 2 rings (SSSR count). The Kier molecular flexibility index (Phi) is 3.71. The maximum absolute atomic E-state index is 12.2. The van der Waals surface area contributed by atoms with Crippen LogP contribution >= 0.6 is 0 Å². The highest BCUT2D eigenvalue weighted by Crippen LogP contribution is 2.39. The molecule has 0 saturated heterocycles. The minimum atomic E-state index is -0.711. The lowest BCUT2D eigenvalue weighted by Crippen LogP contribution is -2.42. The molecule has 0 aromatic carbocycles. The predicted octanol–water partition coefficient (Wildman–Crippen LogP) is 2.77. The number of rotatable bonds is 4. The molecule has 0 aliphatic heterocycles. The molecular formula is C14H22N2O. The number of nitriles is 1. The molecule has 2 fully saturated rings. The van der Waals surface area contributed by atoms with Gasteiger partial charge in [-0.25, -0.2) is 0 Å². The van der Waals surface area contributed by atoms with E-state index in [2.05, 4.69) is 18.3 Å². The van der Waals surface area contributed by atoms with Crippen molar-refractivity contribution in [3.8, 4) is 6.07 Å². The number of hydrogen-bond donors (Lipinski definition) is 1. The lowest BCUT2D eigenvalue weighted by atomic mass is 9.74. The van der Waals surface area contributed by atoms with Crippen LogP contribution in [0.2, 0.25) is 0 Å². The fourth-order valence-corrected chi connectivity index (χ4v) is 2.97. The number of hydrogen-bond acceptors (Lipinski definition) is 2. The summed E-state index contributed by atoms with van der Waals surface area (Å²) in [6, 6.07) is 2.64. The zero-order valence-corrected chi connectivity index (χ0v) is 10.7. The van der Waals surface area contributed by atoms with Gasteiger partial charge in [0.2, 0.25) is 5.91 Å². The topological polar surface area (TPSA) is 52.9 Å². The summed E-state index contributed by atoms with van der Waals surface area (Å²) in [6.07, 6.45) is 8.19. The van der Waals surface area contributed by atoms with Crippen LogP contribution in [0.25, 0.3) is 0 Å². The van der Waals surface area contributed by atoms with Crippen molar-refractivity contribution in [2.45, 2.75) is 64.3 Å². The maximum atomic E-state index is 12.2. The summed E-state index contributed by atoms with van der Waals surface area (Å²) in [6.45, 7) is 2.18. The van der Waals surface area contributed by atoms with E-state index in [1.54, 1.807) is 0 Å². The van der Waals surface area contributed by atoms with Crippen LogP contribution < -0.4 is 5.32 Å². The Morgan fingerprint density at radius 1 is 1.41 bits per heavy atom. The molecule has 2 atom stereocenters. The molecule has 0 heterocycles. The quantitative estimate of drug-likeness (QED) is 0.813. The van der Waals surface area contributed by atoms with Gasteiger partial charge in [0, 0.05) is 6.04 Å². The van der Waals surface area contributed by atoms with Crippen molar-refractivity contribution in [2.75, 3.05) is 0 Å². The average molecular weight is 234 g/mol. The van der Waals surface area contributed by atoms with Crippen LogP contribution in [0.3, 0.4) is 0 Å². The SMILES string of the molecule is CCCC1CC1NC(=O)C1(C#N)CCCCC1. The van der Waals surface area contributed by atoms with E-state index in [1.807, 2.05) is 0 Å². The number of carbonyl (C=O) groups is 1. The molecular weight excluding hydrogens is 212 g/mol. The Bertz CT molecular complexity index is 326. The van der Waals surface area contributed by atoms with Crippen molar-refractivity contribution in [1.29, 1.82) is 5.26 Å². The first kappa shape index (κ1) is 12.4. The first-order valence-corrected chi connectivity index (χ1v) is 6.94. The van der Waals surface area contributed by atoms with E-state index in [0.717, 1.165) is 32.1 Å². The zero-order chi connectivity index (χ0) is 12.3. The smallest absolute Gasteiger partial charge is 0.240 e. The molecule has 1 amide bonds. The van der Waals surface area contributed by atoms with E-state index >= 15 is 0 Å². The molecule has 2 saturated carbocycles. The molecule has 17 heavy (non-hydrogen) atoms. The van der Waals surface area contributed by atoms with Gasteiger partial charge in [-0.2, -0.15) is 5.26 Å². The monoisotopic (exact) mass is 234 g/mol. The summed E-state index contributed by atoms with van der Waals surface area (Å²) in [7, 11) is 0. The van der Waals surface area contributed by atoms with Gasteiger partial charge in [0.05, 0.1) is 6.07 Å². The first-order valence-electron chi connectivity index (χ1n) is 6.94. The molecule has 0 aromatic rings. The minimum absolute atomic E-state index is 0.00306. The van der Waals surface area contributed by atoms with Crippen LogP contribution in [-0.2, 0) is 4.79 Å². The molecule has 0 aromatic heterocycles. The molecule has 0 radical (unpaired) electrons. The van der Waals surface area contributed by atoms with Crippen molar-refractivity contribution >= 4 is 5.91 Å². The Hall–Kier alpha value is -1.04. The van der Waals surface area contributed by atoms with Gasteiger partial charge in [0.25, 0.3) is 0 Å². The van der Waals surface area contributed by atoms with Crippen molar-refractivity contribution in [2.24, 2.45) is 11.3 Å². The van der Waals surface area contributed by atoms with E-state index in [4.69, 9.17) is 0 Å². The third-order valence-electron chi connectivity index (χ3n) is 4.25. The standard InChI is InChI=1S/C14H22N2O/c1-2-6-11-9-12(11)16-13(17)14(10-15)7-4-3-5-8-14/h11-12H,2-9H2,1H3,(H,16,17). The van der Waals surface area contributed by atoms with Gasteiger partial charge in [-0.05, 0) is 31.6 Å². The number of carbonyl (C=O) groups excluding carboxylic acids is 1. The van der Waals surface area contributed by atoms with E-state index in [1.165, 1.54) is 19.3 Å². The summed E-state index contributed by atoms with van der Waals surface area (Å²) in [5.74, 6) is 0.673.